The van der Waals surface area contributed by atoms with Crippen molar-refractivity contribution in [1.82, 2.24) is 10.4 Å². The molecule has 0 aliphatic carbocycles. The fraction of sp³-hybridized carbons (Fsp3) is 0.533. The van der Waals surface area contributed by atoms with Gasteiger partial charge in [-0.15, -0.1) is 5.53 Å². The van der Waals surface area contributed by atoms with Gasteiger partial charge >= 0.3 is 0 Å². The van der Waals surface area contributed by atoms with Crippen LogP contribution in [-0.2, 0) is 4.79 Å². The minimum absolute atomic E-state index is 0.0962. The zero-order valence-corrected chi connectivity index (χ0v) is 12.1. The van der Waals surface area contributed by atoms with Gasteiger partial charge in [0.1, 0.15) is 0 Å². The van der Waals surface area contributed by atoms with E-state index in [2.05, 4.69) is 34.2 Å². The lowest BCUT2D eigenvalue weighted by atomic mass is 10.0. The second kappa shape index (κ2) is 5.32. The van der Waals surface area contributed by atoms with Gasteiger partial charge in [0.2, 0.25) is 5.91 Å². The monoisotopic (exact) mass is 274 g/mol. The van der Waals surface area contributed by atoms with E-state index in [9.17, 15) is 4.79 Å². The first kappa shape index (κ1) is 13.2. The van der Waals surface area contributed by atoms with E-state index < -0.39 is 0 Å². The van der Waals surface area contributed by atoms with Crippen molar-refractivity contribution >= 4 is 17.3 Å². The molecule has 0 unspecified atom stereocenters. The molecule has 0 saturated carbocycles. The molecule has 0 radical (unpaired) electrons. The predicted octanol–water partition coefficient (Wildman–Crippen LogP) is 1.99. The number of amides is 1. The summed E-state index contributed by atoms with van der Waals surface area (Å²) in [7, 11) is 0. The van der Waals surface area contributed by atoms with E-state index in [-0.39, 0.29) is 11.8 Å². The Kier molecular flexibility index (Phi) is 3.53. The highest BCUT2D eigenvalue weighted by Crippen LogP contribution is 2.32. The number of benzene rings is 1. The number of fused-ring (bicyclic) bond motifs is 1. The summed E-state index contributed by atoms with van der Waals surface area (Å²) in [5.41, 5.74) is 8.75. The highest BCUT2D eigenvalue weighted by Gasteiger charge is 2.31. The average molecular weight is 274 g/mol. The number of hydrogen-bond acceptors (Lipinski definition) is 4. The molecule has 0 atom stereocenters. The zero-order chi connectivity index (χ0) is 14.1. The first-order chi connectivity index (χ1) is 9.66. The number of likely N-dealkylation sites (tertiary alicyclic amines) is 1. The molecule has 0 bridgehead atoms. The Morgan fingerprint density at radius 1 is 1.25 bits per heavy atom. The summed E-state index contributed by atoms with van der Waals surface area (Å²) in [6.07, 6.45) is 2.00. The summed E-state index contributed by atoms with van der Waals surface area (Å²) in [6.45, 7) is 5.64. The van der Waals surface area contributed by atoms with Crippen LogP contribution in [0.25, 0.3) is 0 Å². The number of anilines is 2. The molecule has 5 nitrogen and oxygen atoms in total. The number of piperidine rings is 1. The molecule has 2 heterocycles. The van der Waals surface area contributed by atoms with Gasteiger partial charge in [-0.1, -0.05) is 26.0 Å². The molecular weight excluding hydrogens is 252 g/mol. The summed E-state index contributed by atoms with van der Waals surface area (Å²) < 4.78 is 0. The van der Waals surface area contributed by atoms with E-state index in [0.29, 0.717) is 6.04 Å². The zero-order valence-electron chi connectivity index (χ0n) is 12.1. The number of hydrogen-bond donors (Lipinski definition) is 2. The van der Waals surface area contributed by atoms with Crippen LogP contribution in [0.4, 0.5) is 11.4 Å². The molecule has 1 aromatic rings. The van der Waals surface area contributed by atoms with Crippen molar-refractivity contribution in [2.24, 2.45) is 5.92 Å². The molecule has 2 aliphatic rings. The highest BCUT2D eigenvalue weighted by atomic mass is 16.2. The van der Waals surface area contributed by atoms with Crippen molar-refractivity contribution in [3.63, 3.8) is 0 Å². The average Bonchev–Trinajstić information content (AvgIpc) is 2.90. The van der Waals surface area contributed by atoms with E-state index in [4.69, 9.17) is 0 Å². The normalized spacial score (nSPS) is 19.1. The Morgan fingerprint density at radius 2 is 1.95 bits per heavy atom. The van der Waals surface area contributed by atoms with Gasteiger partial charge in [0.15, 0.2) is 0 Å². The lowest BCUT2D eigenvalue weighted by Gasteiger charge is -2.37. The summed E-state index contributed by atoms with van der Waals surface area (Å²) in [5, 5.41) is 2.20. The molecule has 0 spiro atoms. The van der Waals surface area contributed by atoms with Crippen LogP contribution in [0, 0.1) is 5.92 Å². The number of para-hydroxylation sites is 2. The molecule has 1 amide bonds. The minimum Gasteiger partial charge on any atom is -0.342 e. The van der Waals surface area contributed by atoms with Crippen LogP contribution in [0.1, 0.15) is 26.7 Å². The molecule has 3 rings (SSSR count). The van der Waals surface area contributed by atoms with Crippen molar-refractivity contribution in [3.8, 4) is 0 Å². The lowest BCUT2D eigenvalue weighted by Crippen LogP contribution is -2.51. The second-order valence-electron chi connectivity index (χ2n) is 5.84. The maximum Gasteiger partial charge on any atom is 0.225 e. The molecule has 1 saturated heterocycles. The topological polar surface area (TPSA) is 47.6 Å². The van der Waals surface area contributed by atoms with Crippen molar-refractivity contribution < 1.29 is 4.79 Å². The van der Waals surface area contributed by atoms with Gasteiger partial charge in [0.25, 0.3) is 0 Å². The Hall–Kier alpha value is -1.75. The van der Waals surface area contributed by atoms with Gasteiger partial charge in [-0.25, -0.2) is 0 Å². The quantitative estimate of drug-likeness (QED) is 0.866. The van der Waals surface area contributed by atoms with Gasteiger partial charge in [0, 0.05) is 19.0 Å². The van der Waals surface area contributed by atoms with E-state index in [0.717, 1.165) is 31.6 Å². The summed E-state index contributed by atoms with van der Waals surface area (Å²) in [5.74, 6) is 0.371. The van der Waals surface area contributed by atoms with Crippen LogP contribution in [0.2, 0.25) is 0 Å². The van der Waals surface area contributed by atoms with Crippen molar-refractivity contribution in [2.45, 2.75) is 32.7 Å². The number of nitrogens with zero attached hydrogens (tertiary/aromatic N) is 2. The van der Waals surface area contributed by atoms with Crippen LogP contribution in [0.15, 0.2) is 24.3 Å². The Bertz CT molecular complexity index is 494. The third-order valence-electron chi connectivity index (χ3n) is 4.11. The maximum absolute atomic E-state index is 12.0. The van der Waals surface area contributed by atoms with Crippen LogP contribution in [0.5, 0.6) is 0 Å². The third-order valence-corrected chi connectivity index (χ3v) is 4.11. The van der Waals surface area contributed by atoms with Crippen molar-refractivity contribution in [2.75, 3.05) is 23.5 Å². The Balaban J connectivity index is 1.64. The molecule has 108 valence electrons. The fourth-order valence-electron chi connectivity index (χ4n) is 2.97. The molecule has 2 aliphatic heterocycles. The molecule has 1 aromatic carbocycles. The first-order valence-electron chi connectivity index (χ1n) is 7.35. The molecule has 0 aromatic heterocycles. The van der Waals surface area contributed by atoms with Gasteiger partial charge in [-0.05, 0) is 25.0 Å². The standard InChI is InChI=1S/C15H22N4O/c1-11(2)15(20)18-9-7-12(8-10-18)19-14-6-4-3-5-13(14)16-17-19/h3-6,11-12,16-17H,7-10H2,1-2H3. The van der Waals surface area contributed by atoms with Gasteiger partial charge < -0.3 is 10.3 Å². The van der Waals surface area contributed by atoms with Crippen LogP contribution >= 0.6 is 0 Å². The first-order valence-corrected chi connectivity index (χ1v) is 7.35. The number of carbonyl (C=O) groups excluding carboxylic acids is 1. The Morgan fingerprint density at radius 3 is 2.65 bits per heavy atom. The predicted molar refractivity (Wildman–Crippen MR) is 80.1 cm³/mol. The largest absolute Gasteiger partial charge is 0.342 e. The number of nitrogens with one attached hydrogen (secondary N) is 2. The van der Waals surface area contributed by atoms with Crippen LogP contribution in [0.3, 0.4) is 0 Å². The lowest BCUT2D eigenvalue weighted by molar-refractivity contribution is -0.135. The summed E-state index contributed by atoms with van der Waals surface area (Å²) in [6, 6.07) is 8.70. The fourth-order valence-corrected chi connectivity index (χ4v) is 2.97. The smallest absolute Gasteiger partial charge is 0.225 e. The van der Waals surface area contributed by atoms with Gasteiger partial charge in [-0.3, -0.25) is 9.80 Å². The van der Waals surface area contributed by atoms with E-state index in [1.54, 1.807) is 0 Å². The van der Waals surface area contributed by atoms with Crippen molar-refractivity contribution in [1.29, 1.82) is 0 Å². The maximum atomic E-state index is 12.0. The highest BCUT2D eigenvalue weighted by molar-refractivity contribution is 5.78. The molecule has 5 heteroatoms. The number of hydrazine groups is 2. The van der Waals surface area contributed by atoms with Crippen molar-refractivity contribution in [3.05, 3.63) is 24.3 Å². The van der Waals surface area contributed by atoms with E-state index in [1.807, 2.05) is 24.8 Å². The van der Waals surface area contributed by atoms with E-state index >= 15 is 0 Å². The minimum atomic E-state index is 0.0962. The molecule has 20 heavy (non-hydrogen) atoms. The molecular formula is C15H22N4O. The number of rotatable bonds is 2. The van der Waals surface area contributed by atoms with Gasteiger partial charge in [0.05, 0.1) is 17.4 Å². The van der Waals surface area contributed by atoms with Crippen LogP contribution in [-0.4, -0.2) is 29.9 Å². The summed E-state index contributed by atoms with van der Waals surface area (Å²) in [4.78, 5) is 14.0. The van der Waals surface area contributed by atoms with Gasteiger partial charge in [-0.2, -0.15) is 0 Å². The third kappa shape index (κ3) is 2.33. The second-order valence-corrected chi connectivity index (χ2v) is 5.84. The molecule has 1 fully saturated rings. The SMILES string of the molecule is CC(C)C(=O)N1CCC(N2NNc3ccccc32)CC1. The van der Waals surface area contributed by atoms with Crippen LogP contribution < -0.4 is 16.0 Å². The molecule has 2 N–H and O–H groups in total. The Labute approximate surface area is 119 Å². The summed E-state index contributed by atoms with van der Waals surface area (Å²) >= 11 is 0. The van der Waals surface area contributed by atoms with E-state index in [1.165, 1.54) is 5.69 Å². The number of carbonyl (C=O) groups is 1.